The van der Waals surface area contributed by atoms with Crippen LogP contribution in [0.1, 0.15) is 25.5 Å². The molecule has 1 aromatic rings. The number of hydrogen-bond donors (Lipinski definition) is 2. The number of halogens is 1. The van der Waals surface area contributed by atoms with Crippen molar-refractivity contribution in [1.29, 1.82) is 0 Å². The molecule has 2 rings (SSSR count). The lowest BCUT2D eigenvalue weighted by Gasteiger charge is -2.31. The molecule has 94 valence electrons. The Labute approximate surface area is 107 Å². The molecule has 1 heterocycles. The number of benzene rings is 1. The lowest BCUT2D eigenvalue weighted by molar-refractivity contribution is 0.336. The largest absolute Gasteiger partial charge is 0.492 e. The first-order valence-corrected chi connectivity index (χ1v) is 6.49. The fourth-order valence-corrected chi connectivity index (χ4v) is 2.46. The second kappa shape index (κ2) is 5.71. The molecule has 0 aliphatic carbocycles. The van der Waals surface area contributed by atoms with Gasteiger partial charge in [-0.1, -0.05) is 17.7 Å². The molecule has 1 aromatic carbocycles. The summed E-state index contributed by atoms with van der Waals surface area (Å²) in [5, 5.41) is 7.64. The molecule has 1 fully saturated rings. The van der Waals surface area contributed by atoms with Crippen LogP contribution >= 0.6 is 11.6 Å². The Bertz CT molecular complexity index is 384. The van der Waals surface area contributed by atoms with Crippen LogP contribution in [0, 0.1) is 0 Å². The molecule has 3 nitrogen and oxygen atoms in total. The summed E-state index contributed by atoms with van der Waals surface area (Å²) in [6.07, 6.45) is 0. The van der Waals surface area contributed by atoms with Crippen molar-refractivity contribution in [1.82, 2.24) is 10.6 Å². The van der Waals surface area contributed by atoms with Gasteiger partial charge in [-0.05, 0) is 31.5 Å². The number of nitrogens with one attached hydrogen (secondary N) is 2. The molecule has 0 saturated carbocycles. The third-order valence-electron chi connectivity index (χ3n) is 3.07. The van der Waals surface area contributed by atoms with Crippen molar-refractivity contribution in [2.24, 2.45) is 0 Å². The first-order valence-electron chi connectivity index (χ1n) is 6.11. The quantitative estimate of drug-likeness (QED) is 0.869. The third-order valence-corrected chi connectivity index (χ3v) is 3.37. The van der Waals surface area contributed by atoms with E-state index in [4.69, 9.17) is 16.3 Å². The maximum Gasteiger partial charge on any atom is 0.137 e. The number of piperazine rings is 1. The first-order chi connectivity index (χ1) is 8.22. The highest BCUT2D eigenvalue weighted by Gasteiger charge is 2.22. The Morgan fingerprint density at radius 3 is 2.76 bits per heavy atom. The van der Waals surface area contributed by atoms with E-state index in [0.29, 0.717) is 23.7 Å². The van der Waals surface area contributed by atoms with Gasteiger partial charge in [-0.2, -0.15) is 0 Å². The van der Waals surface area contributed by atoms with Gasteiger partial charge >= 0.3 is 0 Å². The Morgan fingerprint density at radius 1 is 1.35 bits per heavy atom. The van der Waals surface area contributed by atoms with E-state index < -0.39 is 0 Å². The van der Waals surface area contributed by atoms with Gasteiger partial charge in [0.15, 0.2) is 0 Å². The SMILES string of the molecule is CCOc1ccc(C2NCCNC2C)cc1Cl. The van der Waals surface area contributed by atoms with Crippen LogP contribution in [0.4, 0.5) is 0 Å². The molecule has 2 N–H and O–H groups in total. The molecule has 2 unspecified atom stereocenters. The van der Waals surface area contributed by atoms with Gasteiger partial charge in [-0.3, -0.25) is 0 Å². The van der Waals surface area contributed by atoms with Crippen molar-refractivity contribution < 1.29 is 4.74 Å². The highest BCUT2D eigenvalue weighted by molar-refractivity contribution is 6.32. The second-order valence-electron chi connectivity index (χ2n) is 4.30. The van der Waals surface area contributed by atoms with Crippen molar-refractivity contribution >= 4 is 11.6 Å². The van der Waals surface area contributed by atoms with Crippen molar-refractivity contribution in [3.05, 3.63) is 28.8 Å². The van der Waals surface area contributed by atoms with E-state index in [9.17, 15) is 0 Å². The van der Waals surface area contributed by atoms with E-state index in [1.807, 2.05) is 19.1 Å². The minimum Gasteiger partial charge on any atom is -0.492 e. The van der Waals surface area contributed by atoms with Crippen LogP contribution in [0.5, 0.6) is 5.75 Å². The molecule has 1 aliphatic heterocycles. The summed E-state index contributed by atoms with van der Waals surface area (Å²) >= 11 is 6.20. The molecule has 0 spiro atoms. The van der Waals surface area contributed by atoms with Gasteiger partial charge in [-0.15, -0.1) is 0 Å². The Balaban J connectivity index is 2.18. The fourth-order valence-electron chi connectivity index (χ4n) is 2.21. The van der Waals surface area contributed by atoms with Crippen molar-refractivity contribution in [3.63, 3.8) is 0 Å². The van der Waals surface area contributed by atoms with Gasteiger partial charge in [0, 0.05) is 25.2 Å². The lowest BCUT2D eigenvalue weighted by atomic mass is 9.98. The van der Waals surface area contributed by atoms with Crippen LogP contribution in [0.25, 0.3) is 0 Å². The second-order valence-corrected chi connectivity index (χ2v) is 4.70. The number of ether oxygens (including phenoxy) is 1. The molecule has 2 atom stereocenters. The summed E-state index contributed by atoms with van der Waals surface area (Å²) in [6.45, 7) is 6.78. The highest BCUT2D eigenvalue weighted by Crippen LogP contribution is 2.29. The smallest absolute Gasteiger partial charge is 0.137 e. The first kappa shape index (κ1) is 12.7. The van der Waals surface area contributed by atoms with Gasteiger partial charge in [0.25, 0.3) is 0 Å². The summed E-state index contributed by atoms with van der Waals surface area (Å²) in [4.78, 5) is 0. The van der Waals surface area contributed by atoms with Crippen LogP contribution in [-0.4, -0.2) is 25.7 Å². The van der Waals surface area contributed by atoms with Gasteiger partial charge in [0.2, 0.25) is 0 Å². The van der Waals surface area contributed by atoms with Crippen molar-refractivity contribution in [2.75, 3.05) is 19.7 Å². The van der Waals surface area contributed by atoms with E-state index in [1.165, 1.54) is 5.56 Å². The third kappa shape index (κ3) is 2.92. The van der Waals surface area contributed by atoms with E-state index in [1.54, 1.807) is 0 Å². The molecular weight excluding hydrogens is 236 g/mol. The fraction of sp³-hybridized carbons (Fsp3) is 0.538. The average molecular weight is 255 g/mol. The predicted molar refractivity (Wildman–Crippen MR) is 70.8 cm³/mol. The summed E-state index contributed by atoms with van der Waals surface area (Å²) in [6, 6.07) is 6.75. The monoisotopic (exact) mass is 254 g/mol. The minimum absolute atomic E-state index is 0.317. The molecule has 17 heavy (non-hydrogen) atoms. The van der Waals surface area contributed by atoms with Gasteiger partial charge in [-0.25, -0.2) is 0 Å². The zero-order chi connectivity index (χ0) is 12.3. The van der Waals surface area contributed by atoms with E-state index in [2.05, 4.69) is 23.6 Å². The van der Waals surface area contributed by atoms with Gasteiger partial charge in [0.1, 0.15) is 5.75 Å². The Kier molecular flexibility index (Phi) is 4.26. The summed E-state index contributed by atoms with van der Waals surface area (Å²) in [5.74, 6) is 0.759. The van der Waals surface area contributed by atoms with Crippen molar-refractivity contribution in [2.45, 2.75) is 25.9 Å². The van der Waals surface area contributed by atoms with E-state index in [-0.39, 0.29) is 0 Å². The van der Waals surface area contributed by atoms with Gasteiger partial charge in [0.05, 0.1) is 11.6 Å². The minimum atomic E-state index is 0.317. The summed E-state index contributed by atoms with van der Waals surface area (Å²) < 4.78 is 5.44. The number of rotatable bonds is 3. The normalized spacial score (nSPS) is 24.6. The van der Waals surface area contributed by atoms with E-state index in [0.717, 1.165) is 18.8 Å². The topological polar surface area (TPSA) is 33.3 Å². The summed E-state index contributed by atoms with van der Waals surface area (Å²) in [7, 11) is 0. The highest BCUT2D eigenvalue weighted by atomic mass is 35.5. The number of hydrogen-bond acceptors (Lipinski definition) is 3. The molecule has 0 aromatic heterocycles. The zero-order valence-electron chi connectivity index (χ0n) is 10.3. The van der Waals surface area contributed by atoms with Gasteiger partial charge < -0.3 is 15.4 Å². The standard InChI is InChI=1S/C13H19ClN2O/c1-3-17-12-5-4-10(8-11(12)14)13-9(2)15-6-7-16-13/h4-5,8-9,13,15-16H,3,6-7H2,1-2H3. The zero-order valence-corrected chi connectivity index (χ0v) is 11.1. The maximum atomic E-state index is 6.20. The molecule has 0 bridgehead atoms. The maximum absolute atomic E-state index is 6.20. The molecule has 4 heteroatoms. The Hall–Kier alpha value is -0.770. The average Bonchev–Trinajstić information content (AvgIpc) is 2.33. The van der Waals surface area contributed by atoms with Crippen molar-refractivity contribution in [3.8, 4) is 5.75 Å². The van der Waals surface area contributed by atoms with Crippen LogP contribution in [0.15, 0.2) is 18.2 Å². The molecule has 1 saturated heterocycles. The molecule has 1 aliphatic rings. The molecular formula is C13H19ClN2O. The van der Waals surface area contributed by atoms with Crippen LogP contribution in [0.3, 0.4) is 0 Å². The molecule has 0 amide bonds. The summed E-state index contributed by atoms with van der Waals surface area (Å²) in [5.41, 5.74) is 1.21. The lowest BCUT2D eigenvalue weighted by Crippen LogP contribution is -2.48. The van der Waals surface area contributed by atoms with Crippen LogP contribution in [-0.2, 0) is 0 Å². The van der Waals surface area contributed by atoms with Crippen LogP contribution < -0.4 is 15.4 Å². The Morgan fingerprint density at radius 2 is 2.12 bits per heavy atom. The van der Waals surface area contributed by atoms with Crippen LogP contribution in [0.2, 0.25) is 5.02 Å². The molecule has 0 radical (unpaired) electrons. The predicted octanol–water partition coefficient (Wildman–Crippen LogP) is 2.36. The van der Waals surface area contributed by atoms with E-state index >= 15 is 0 Å².